The molecule has 1 aromatic heterocycles. The molecule has 0 saturated heterocycles. The van der Waals surface area contributed by atoms with E-state index in [0.717, 1.165) is 12.1 Å². The van der Waals surface area contributed by atoms with Crippen LogP contribution in [-0.4, -0.2) is 49.1 Å². The summed E-state index contributed by atoms with van der Waals surface area (Å²) >= 11 is 0. The molecule has 27 heavy (non-hydrogen) atoms. The van der Waals surface area contributed by atoms with Gasteiger partial charge in [0.25, 0.3) is 0 Å². The third-order valence-electron chi connectivity index (χ3n) is 3.48. The number of anilines is 2. The van der Waals surface area contributed by atoms with Gasteiger partial charge in [0.05, 0.1) is 11.4 Å². The summed E-state index contributed by atoms with van der Waals surface area (Å²) in [6, 6.07) is 4.87. The summed E-state index contributed by atoms with van der Waals surface area (Å²) in [4.78, 5) is 11.8. The lowest BCUT2D eigenvalue weighted by Gasteiger charge is -2.16. The highest BCUT2D eigenvalue weighted by molar-refractivity contribution is 5.98. The van der Waals surface area contributed by atoms with E-state index in [1.54, 1.807) is 6.07 Å². The molecule has 0 aliphatic carbocycles. The lowest BCUT2D eigenvalue weighted by Crippen LogP contribution is -2.10. The Labute approximate surface area is 157 Å². The minimum absolute atomic E-state index is 0.0121. The van der Waals surface area contributed by atoms with Gasteiger partial charge in [-0.25, -0.2) is 4.79 Å². The van der Waals surface area contributed by atoms with Crippen LogP contribution in [0.25, 0.3) is 0 Å². The molecule has 0 unspecified atom stereocenters. The summed E-state index contributed by atoms with van der Waals surface area (Å²) in [5.41, 5.74) is 1.13. The normalized spacial score (nSPS) is 10.9. The number of aromatic amines is 1. The molecule has 0 spiro atoms. The van der Waals surface area contributed by atoms with E-state index >= 15 is 0 Å². The molecular weight excluding hydrogens is 354 g/mol. The van der Waals surface area contributed by atoms with Crippen molar-refractivity contribution >= 4 is 17.5 Å². The molecule has 0 bridgehead atoms. The molecule has 2 rings (SSSR count). The first-order chi connectivity index (χ1) is 12.9. The summed E-state index contributed by atoms with van der Waals surface area (Å²) in [5, 5.41) is 19.8. The zero-order valence-electron chi connectivity index (χ0n) is 15.9. The Hall–Kier alpha value is -2.78. The average molecular weight is 379 g/mol. The fourth-order valence-corrected chi connectivity index (χ4v) is 2.45. The number of hydrogen-bond acceptors (Lipinski definition) is 7. The number of ether oxygens (including phenoxy) is 4. The number of carbonyl (C=O) groups is 1. The number of methoxy groups -OCH3 is 2. The van der Waals surface area contributed by atoms with Crippen LogP contribution in [0.3, 0.4) is 0 Å². The predicted octanol–water partition coefficient (Wildman–Crippen LogP) is 3.02. The molecule has 1 heterocycles. The molecule has 0 fully saturated rings. The monoisotopic (exact) mass is 379 g/mol. The van der Waals surface area contributed by atoms with Gasteiger partial charge in [0.15, 0.2) is 13.6 Å². The quantitative estimate of drug-likeness (QED) is 0.510. The highest BCUT2D eigenvalue weighted by Gasteiger charge is 2.20. The van der Waals surface area contributed by atoms with E-state index in [1.165, 1.54) is 20.3 Å². The Morgan fingerprint density at radius 3 is 2.52 bits per heavy atom. The smallest absolute Gasteiger partial charge is 0.341 e. The number of aromatic carboxylic acids is 1. The zero-order valence-corrected chi connectivity index (χ0v) is 15.9. The van der Waals surface area contributed by atoms with E-state index < -0.39 is 5.97 Å². The highest BCUT2D eigenvalue weighted by Crippen LogP contribution is 2.34. The van der Waals surface area contributed by atoms with Gasteiger partial charge in [-0.2, -0.15) is 5.10 Å². The van der Waals surface area contributed by atoms with Crippen LogP contribution in [0.2, 0.25) is 0 Å². The summed E-state index contributed by atoms with van der Waals surface area (Å²) in [5.74, 6) is 0.369. The third-order valence-corrected chi connectivity index (χ3v) is 3.48. The lowest BCUT2D eigenvalue weighted by atomic mass is 10.1. The Morgan fingerprint density at radius 1 is 1.19 bits per heavy atom. The van der Waals surface area contributed by atoms with Gasteiger partial charge in [-0.05, 0) is 12.3 Å². The van der Waals surface area contributed by atoms with Crippen LogP contribution in [0, 0.1) is 5.92 Å². The largest absolute Gasteiger partial charge is 0.477 e. The molecule has 0 atom stereocenters. The number of nitrogens with one attached hydrogen (secondary N) is 2. The maximum Gasteiger partial charge on any atom is 0.341 e. The number of carboxylic acid groups (broad SMARTS) is 1. The first-order valence-corrected chi connectivity index (χ1v) is 8.40. The molecule has 0 amide bonds. The number of benzene rings is 1. The fourth-order valence-electron chi connectivity index (χ4n) is 2.45. The number of hydrogen-bond donors (Lipinski definition) is 3. The van der Waals surface area contributed by atoms with Crippen molar-refractivity contribution in [1.29, 1.82) is 0 Å². The Bertz CT molecular complexity index is 760. The van der Waals surface area contributed by atoms with Crippen LogP contribution in [0.1, 0.15) is 29.9 Å². The molecular formula is C18H25N3O6. The van der Waals surface area contributed by atoms with Gasteiger partial charge in [-0.15, -0.1) is 0 Å². The summed E-state index contributed by atoms with van der Waals surface area (Å²) in [6.45, 7) is 4.11. The minimum Gasteiger partial charge on any atom is -0.477 e. The number of carboxylic acids is 1. The lowest BCUT2D eigenvalue weighted by molar-refractivity contribution is 0.0447. The van der Waals surface area contributed by atoms with Crippen molar-refractivity contribution < 1.29 is 28.8 Å². The van der Waals surface area contributed by atoms with Gasteiger partial charge in [-0.3, -0.25) is 5.10 Å². The van der Waals surface area contributed by atoms with Crippen molar-refractivity contribution in [2.24, 2.45) is 5.92 Å². The summed E-state index contributed by atoms with van der Waals surface area (Å²) in [7, 11) is 2.94. The molecule has 0 radical (unpaired) electrons. The molecule has 2 aromatic rings. The van der Waals surface area contributed by atoms with Crippen molar-refractivity contribution in [2.75, 3.05) is 33.1 Å². The van der Waals surface area contributed by atoms with Gasteiger partial charge < -0.3 is 29.4 Å². The van der Waals surface area contributed by atoms with Crippen LogP contribution < -0.4 is 14.8 Å². The first kappa shape index (κ1) is 20.5. The Balaban J connectivity index is 2.38. The van der Waals surface area contributed by atoms with Gasteiger partial charge in [0.1, 0.15) is 22.9 Å². The molecule has 0 aliphatic heterocycles. The number of nitrogens with zero attached hydrogens (tertiary/aromatic N) is 1. The van der Waals surface area contributed by atoms with Crippen molar-refractivity contribution in [1.82, 2.24) is 10.2 Å². The Morgan fingerprint density at radius 2 is 1.89 bits per heavy atom. The SMILES string of the molecule is COCOc1cc(Nc2cc(CC(C)C)n[nH]2)c(C(=O)O)c(OCOC)c1. The second-order valence-electron chi connectivity index (χ2n) is 6.25. The van der Waals surface area contributed by atoms with Crippen LogP contribution >= 0.6 is 0 Å². The van der Waals surface area contributed by atoms with Gasteiger partial charge in [0.2, 0.25) is 0 Å². The van der Waals surface area contributed by atoms with Crippen LogP contribution in [0.4, 0.5) is 11.5 Å². The van der Waals surface area contributed by atoms with Crippen LogP contribution in [-0.2, 0) is 15.9 Å². The van der Waals surface area contributed by atoms with E-state index in [4.69, 9.17) is 18.9 Å². The number of H-pyrrole nitrogens is 1. The van der Waals surface area contributed by atoms with Gasteiger partial charge in [-0.1, -0.05) is 13.8 Å². The topological polar surface area (TPSA) is 115 Å². The molecule has 9 heteroatoms. The van der Waals surface area contributed by atoms with E-state index in [0.29, 0.717) is 23.2 Å². The summed E-state index contributed by atoms with van der Waals surface area (Å²) in [6.07, 6.45) is 0.809. The number of rotatable bonds is 11. The average Bonchev–Trinajstić information content (AvgIpc) is 3.03. The van der Waals surface area contributed by atoms with E-state index in [1.807, 2.05) is 6.07 Å². The van der Waals surface area contributed by atoms with Crippen molar-refractivity contribution in [2.45, 2.75) is 20.3 Å². The molecule has 3 N–H and O–H groups in total. The zero-order chi connectivity index (χ0) is 19.8. The maximum atomic E-state index is 11.8. The van der Waals surface area contributed by atoms with Crippen molar-refractivity contribution in [3.63, 3.8) is 0 Å². The standard InChI is InChI=1S/C18H25N3O6/c1-11(2)5-12-6-16(21-20-12)19-14-7-13(26-9-24-3)8-15(27-10-25-4)17(14)18(22)23/h6-8,11H,5,9-10H2,1-4H3,(H,22,23)(H2,19,20,21). The molecule has 1 aromatic carbocycles. The molecule has 9 nitrogen and oxygen atoms in total. The van der Waals surface area contributed by atoms with Crippen molar-refractivity contribution in [3.05, 3.63) is 29.5 Å². The van der Waals surface area contributed by atoms with Crippen molar-refractivity contribution in [3.8, 4) is 11.5 Å². The van der Waals surface area contributed by atoms with E-state index in [9.17, 15) is 9.90 Å². The van der Waals surface area contributed by atoms with E-state index in [-0.39, 0.29) is 24.9 Å². The second-order valence-corrected chi connectivity index (χ2v) is 6.25. The van der Waals surface area contributed by atoms with Gasteiger partial charge >= 0.3 is 5.97 Å². The predicted molar refractivity (Wildman–Crippen MR) is 98.8 cm³/mol. The minimum atomic E-state index is -1.15. The van der Waals surface area contributed by atoms with Crippen LogP contribution in [0.15, 0.2) is 18.2 Å². The number of aromatic nitrogens is 2. The van der Waals surface area contributed by atoms with E-state index in [2.05, 4.69) is 29.4 Å². The Kier molecular flexibility index (Phi) is 7.44. The molecule has 0 saturated carbocycles. The molecule has 148 valence electrons. The van der Waals surface area contributed by atoms with Gasteiger partial charge in [0, 0.05) is 32.4 Å². The highest BCUT2D eigenvalue weighted by atomic mass is 16.7. The third kappa shape index (κ3) is 5.87. The molecule has 0 aliphatic rings. The first-order valence-electron chi connectivity index (χ1n) is 8.40. The summed E-state index contributed by atoms with van der Waals surface area (Å²) < 4.78 is 20.6. The van der Waals surface area contributed by atoms with Crippen LogP contribution in [0.5, 0.6) is 11.5 Å². The fraction of sp³-hybridized carbons (Fsp3) is 0.444. The second kappa shape index (κ2) is 9.79. The maximum absolute atomic E-state index is 11.8.